The molecule has 1 aliphatic rings. The van der Waals surface area contributed by atoms with E-state index in [9.17, 15) is 0 Å². The Bertz CT molecular complexity index is 575. The third kappa shape index (κ3) is 9.12. The van der Waals surface area contributed by atoms with Crippen LogP contribution in [0.1, 0.15) is 58.7 Å². The maximum absolute atomic E-state index is 5.41. The molecule has 0 bridgehead atoms. The third-order valence-corrected chi connectivity index (χ3v) is 5.43. The first-order valence-electron chi connectivity index (χ1n) is 11.4. The van der Waals surface area contributed by atoms with Crippen molar-refractivity contribution in [2.45, 2.75) is 71.9 Å². The van der Waals surface area contributed by atoms with E-state index in [4.69, 9.17) is 9.73 Å². The summed E-state index contributed by atoms with van der Waals surface area (Å²) in [6.45, 7) is 13.8. The van der Waals surface area contributed by atoms with E-state index in [1.807, 2.05) is 6.92 Å². The highest BCUT2D eigenvalue weighted by atomic mass is 16.5. The van der Waals surface area contributed by atoms with Crippen molar-refractivity contribution < 1.29 is 4.74 Å². The number of rotatable bonds is 13. The lowest BCUT2D eigenvalue weighted by molar-refractivity contribution is 0.146. The lowest BCUT2D eigenvalue weighted by Gasteiger charge is -2.33. The minimum Gasteiger partial charge on any atom is -0.382 e. The number of aromatic nitrogens is 3. The van der Waals surface area contributed by atoms with E-state index in [2.05, 4.69) is 44.1 Å². The van der Waals surface area contributed by atoms with Gasteiger partial charge in [0.25, 0.3) is 0 Å². The minimum atomic E-state index is 0.727. The molecule has 0 radical (unpaired) electrons. The second-order valence-electron chi connectivity index (χ2n) is 7.66. The number of nitrogens with zero attached hydrogens (tertiary/aromatic N) is 5. The molecule has 2 rings (SSSR count). The van der Waals surface area contributed by atoms with Gasteiger partial charge in [0.05, 0.1) is 0 Å². The van der Waals surface area contributed by atoms with Gasteiger partial charge in [-0.05, 0) is 46.1 Å². The maximum Gasteiger partial charge on any atom is 0.191 e. The molecule has 1 aromatic rings. The van der Waals surface area contributed by atoms with Crippen LogP contribution in [0, 0.1) is 0 Å². The van der Waals surface area contributed by atoms with E-state index in [1.54, 1.807) is 6.33 Å². The van der Waals surface area contributed by atoms with Crippen molar-refractivity contribution >= 4 is 5.96 Å². The number of nitrogens with one attached hydrogen (secondary N) is 2. The quantitative estimate of drug-likeness (QED) is 0.296. The second kappa shape index (κ2) is 14.3. The Kier molecular flexibility index (Phi) is 11.7. The highest BCUT2D eigenvalue weighted by Crippen LogP contribution is 2.15. The first kappa shape index (κ1) is 23.6. The third-order valence-electron chi connectivity index (χ3n) is 5.43. The van der Waals surface area contributed by atoms with Crippen molar-refractivity contribution in [3.05, 3.63) is 12.2 Å². The zero-order valence-corrected chi connectivity index (χ0v) is 18.7. The molecule has 0 spiro atoms. The molecule has 2 heterocycles. The average molecular weight is 408 g/mol. The summed E-state index contributed by atoms with van der Waals surface area (Å²) in [5, 5.41) is 15.1. The number of likely N-dealkylation sites (tertiary alicyclic amines) is 1. The summed E-state index contributed by atoms with van der Waals surface area (Å²) in [7, 11) is 0. The summed E-state index contributed by atoms with van der Waals surface area (Å²) in [5.41, 5.74) is 0. The summed E-state index contributed by atoms with van der Waals surface area (Å²) in [4.78, 5) is 7.34. The van der Waals surface area contributed by atoms with Crippen LogP contribution >= 0.6 is 0 Å². The van der Waals surface area contributed by atoms with Gasteiger partial charge in [-0.25, -0.2) is 0 Å². The normalized spacial score (nSPS) is 18.2. The molecule has 0 aromatic carbocycles. The van der Waals surface area contributed by atoms with E-state index in [1.165, 1.54) is 25.8 Å². The van der Waals surface area contributed by atoms with Crippen molar-refractivity contribution in [3.63, 3.8) is 0 Å². The molecule has 1 saturated heterocycles. The van der Waals surface area contributed by atoms with Gasteiger partial charge in [0, 0.05) is 58.4 Å². The minimum absolute atomic E-state index is 0.727. The van der Waals surface area contributed by atoms with Crippen LogP contribution in [0.4, 0.5) is 0 Å². The number of aliphatic imine (C=N–C) groups is 1. The van der Waals surface area contributed by atoms with Crippen LogP contribution in [0.25, 0.3) is 0 Å². The molecule has 0 aliphatic carbocycles. The molecule has 1 aromatic heterocycles. The number of hydrogen-bond donors (Lipinski definition) is 2. The van der Waals surface area contributed by atoms with E-state index in [0.717, 1.165) is 83.0 Å². The number of aryl methyl sites for hydroxylation is 1. The Labute approximate surface area is 176 Å². The zero-order chi connectivity index (χ0) is 20.7. The monoisotopic (exact) mass is 407 g/mol. The van der Waals surface area contributed by atoms with Gasteiger partial charge >= 0.3 is 0 Å². The van der Waals surface area contributed by atoms with Crippen LogP contribution in [0.15, 0.2) is 11.3 Å². The van der Waals surface area contributed by atoms with Gasteiger partial charge in [0.15, 0.2) is 5.96 Å². The van der Waals surface area contributed by atoms with Crippen LogP contribution < -0.4 is 10.6 Å². The molecule has 1 fully saturated rings. The molecule has 2 N–H and O–H groups in total. The molecule has 1 aliphatic heterocycles. The lowest BCUT2D eigenvalue weighted by atomic mass is 10.0. The molecule has 0 saturated carbocycles. The zero-order valence-electron chi connectivity index (χ0n) is 18.7. The molecule has 8 heteroatoms. The molecule has 29 heavy (non-hydrogen) atoms. The van der Waals surface area contributed by atoms with E-state index in [-0.39, 0.29) is 0 Å². The summed E-state index contributed by atoms with van der Waals surface area (Å²) < 4.78 is 7.51. The Hall–Kier alpha value is -1.67. The first-order valence-corrected chi connectivity index (χ1v) is 11.4. The van der Waals surface area contributed by atoms with Crippen LogP contribution in [-0.4, -0.2) is 77.6 Å². The predicted octanol–water partition coefficient (Wildman–Crippen LogP) is 2.07. The van der Waals surface area contributed by atoms with Crippen LogP contribution in [0.3, 0.4) is 0 Å². The van der Waals surface area contributed by atoms with Gasteiger partial charge in [-0.1, -0.05) is 13.3 Å². The Morgan fingerprint density at radius 3 is 2.86 bits per heavy atom. The Morgan fingerprint density at radius 2 is 2.07 bits per heavy atom. The highest BCUT2D eigenvalue weighted by molar-refractivity contribution is 5.79. The van der Waals surface area contributed by atoms with E-state index >= 15 is 0 Å². The molecule has 1 unspecified atom stereocenters. The summed E-state index contributed by atoms with van der Waals surface area (Å²) >= 11 is 0. The number of piperidine rings is 1. The van der Waals surface area contributed by atoms with Gasteiger partial charge in [0.2, 0.25) is 0 Å². The number of guanidine groups is 1. The standard InChI is InChI=1S/C21H41N7O/c1-4-20-26-25-18-28(20)16-13-24-21(23-12-9-17-29-5-2)22-11-8-15-27-14-7-6-10-19(27)3/h18-19H,4-17H2,1-3H3,(H2,22,23,24). The maximum atomic E-state index is 5.41. The molecule has 8 nitrogen and oxygen atoms in total. The van der Waals surface area contributed by atoms with Crippen LogP contribution in [0.5, 0.6) is 0 Å². The van der Waals surface area contributed by atoms with Crippen molar-refractivity contribution in [1.82, 2.24) is 30.3 Å². The molecule has 0 amide bonds. The van der Waals surface area contributed by atoms with Crippen LogP contribution in [-0.2, 0) is 17.7 Å². The van der Waals surface area contributed by atoms with Crippen molar-refractivity contribution in [3.8, 4) is 0 Å². The summed E-state index contributed by atoms with van der Waals surface area (Å²) in [5.74, 6) is 1.91. The number of hydrogen-bond acceptors (Lipinski definition) is 5. The van der Waals surface area contributed by atoms with Gasteiger partial charge in [-0.3, -0.25) is 4.99 Å². The van der Waals surface area contributed by atoms with E-state index < -0.39 is 0 Å². The van der Waals surface area contributed by atoms with Crippen molar-refractivity contribution in [1.29, 1.82) is 0 Å². The molecular weight excluding hydrogens is 366 g/mol. The largest absolute Gasteiger partial charge is 0.382 e. The smallest absolute Gasteiger partial charge is 0.191 e. The first-order chi connectivity index (χ1) is 14.2. The average Bonchev–Trinajstić information content (AvgIpc) is 3.19. The lowest BCUT2D eigenvalue weighted by Crippen LogP contribution is -2.42. The fourth-order valence-electron chi connectivity index (χ4n) is 3.69. The van der Waals surface area contributed by atoms with Crippen molar-refractivity contribution in [2.75, 3.05) is 45.9 Å². The van der Waals surface area contributed by atoms with Gasteiger partial charge in [-0.2, -0.15) is 0 Å². The Balaban J connectivity index is 1.73. The summed E-state index contributed by atoms with van der Waals surface area (Å²) in [6.07, 6.45) is 8.83. The second-order valence-corrected chi connectivity index (χ2v) is 7.66. The number of ether oxygens (including phenoxy) is 1. The molecule has 1 atom stereocenters. The van der Waals surface area contributed by atoms with Gasteiger partial charge < -0.3 is 24.8 Å². The van der Waals surface area contributed by atoms with E-state index in [0.29, 0.717) is 0 Å². The predicted molar refractivity (Wildman–Crippen MR) is 118 cm³/mol. The summed E-state index contributed by atoms with van der Waals surface area (Å²) in [6, 6.07) is 0.727. The fourth-order valence-corrected chi connectivity index (χ4v) is 3.69. The van der Waals surface area contributed by atoms with Gasteiger partial charge in [0.1, 0.15) is 12.2 Å². The topological polar surface area (TPSA) is 79.6 Å². The van der Waals surface area contributed by atoms with Crippen LogP contribution in [0.2, 0.25) is 0 Å². The fraction of sp³-hybridized carbons (Fsp3) is 0.857. The van der Waals surface area contributed by atoms with Crippen molar-refractivity contribution in [2.24, 2.45) is 4.99 Å². The molecule has 166 valence electrons. The Morgan fingerprint density at radius 1 is 1.21 bits per heavy atom. The SMILES string of the molecule is CCOCCCN=C(NCCCN1CCCCC1C)NCCn1cnnc1CC. The highest BCUT2D eigenvalue weighted by Gasteiger charge is 2.17. The molecular formula is C21H41N7O. The van der Waals surface area contributed by atoms with Gasteiger partial charge in [-0.15, -0.1) is 10.2 Å².